The molecule has 1 aromatic carbocycles. The van der Waals surface area contributed by atoms with Crippen LogP contribution in [0.3, 0.4) is 0 Å². The van der Waals surface area contributed by atoms with Gasteiger partial charge in [-0.05, 0) is 19.0 Å². The van der Waals surface area contributed by atoms with Gasteiger partial charge in [-0.3, -0.25) is 0 Å². The van der Waals surface area contributed by atoms with Crippen molar-refractivity contribution in [2.45, 2.75) is 20.4 Å². The van der Waals surface area contributed by atoms with E-state index in [-0.39, 0.29) is 11.4 Å². The van der Waals surface area contributed by atoms with Crippen LogP contribution in [0, 0.1) is 11.7 Å². The van der Waals surface area contributed by atoms with Gasteiger partial charge in [0.05, 0.1) is 5.56 Å². The summed E-state index contributed by atoms with van der Waals surface area (Å²) in [6.45, 7) is 5.60. The fourth-order valence-electron chi connectivity index (χ4n) is 1.93. The average molecular weight is 253 g/mol. The third-order valence-corrected chi connectivity index (χ3v) is 2.58. The molecule has 4 nitrogen and oxygen atoms in total. The summed E-state index contributed by atoms with van der Waals surface area (Å²) in [4.78, 5) is 2.04. The van der Waals surface area contributed by atoms with E-state index in [9.17, 15) is 4.39 Å². The molecule has 0 amide bonds. The molecular formula is C13H20FN3O. The molecular weight excluding hydrogens is 233 g/mol. The Morgan fingerprint density at radius 3 is 2.72 bits per heavy atom. The minimum Gasteiger partial charge on any atom is -0.409 e. The molecule has 1 aromatic rings. The molecule has 0 atom stereocenters. The Bertz CT molecular complexity index is 432. The van der Waals surface area contributed by atoms with E-state index < -0.39 is 5.82 Å². The number of hydrogen-bond donors (Lipinski definition) is 2. The van der Waals surface area contributed by atoms with E-state index in [1.165, 1.54) is 6.07 Å². The highest BCUT2D eigenvalue weighted by Crippen LogP contribution is 2.15. The molecule has 0 fully saturated rings. The second-order valence-electron chi connectivity index (χ2n) is 4.85. The first kappa shape index (κ1) is 14.4. The highest BCUT2D eigenvalue weighted by molar-refractivity contribution is 5.97. The standard InChI is InChI=1S/C13H20FN3O/c1-9(2)7-17(3)8-10-5-4-6-11(12(10)14)13(15)16-18/h4-6,9,18H,7-8H2,1-3H3,(H2,15,16). The van der Waals surface area contributed by atoms with Crippen molar-refractivity contribution in [3.63, 3.8) is 0 Å². The molecule has 0 heterocycles. The molecule has 0 aromatic heterocycles. The average Bonchev–Trinajstić information content (AvgIpc) is 2.30. The molecule has 0 saturated carbocycles. The van der Waals surface area contributed by atoms with Crippen molar-refractivity contribution in [1.29, 1.82) is 0 Å². The zero-order valence-electron chi connectivity index (χ0n) is 11.0. The van der Waals surface area contributed by atoms with Gasteiger partial charge in [0.25, 0.3) is 0 Å². The molecule has 1 rings (SSSR count). The van der Waals surface area contributed by atoms with E-state index >= 15 is 0 Å². The largest absolute Gasteiger partial charge is 0.409 e. The highest BCUT2D eigenvalue weighted by atomic mass is 19.1. The van der Waals surface area contributed by atoms with Crippen molar-refractivity contribution in [1.82, 2.24) is 4.90 Å². The third kappa shape index (κ3) is 3.70. The fourth-order valence-corrected chi connectivity index (χ4v) is 1.93. The SMILES string of the molecule is CC(C)CN(C)Cc1cccc(/C(N)=N/O)c1F. The van der Waals surface area contributed by atoms with Gasteiger partial charge in [0.2, 0.25) is 0 Å². The van der Waals surface area contributed by atoms with Crippen molar-refractivity contribution in [3.05, 3.63) is 35.1 Å². The van der Waals surface area contributed by atoms with Crippen molar-refractivity contribution in [3.8, 4) is 0 Å². The number of amidine groups is 1. The molecule has 5 heteroatoms. The predicted octanol–water partition coefficient (Wildman–Crippen LogP) is 2.01. The molecule has 0 unspecified atom stereocenters. The van der Waals surface area contributed by atoms with Gasteiger partial charge in [0.1, 0.15) is 5.82 Å². The Kier molecular flexibility index (Phi) is 5.09. The normalized spacial score (nSPS) is 12.4. The quantitative estimate of drug-likeness (QED) is 0.365. The maximum Gasteiger partial charge on any atom is 0.173 e. The molecule has 0 spiro atoms. The first-order chi connectivity index (χ1) is 8.45. The molecule has 0 aliphatic carbocycles. The van der Waals surface area contributed by atoms with Gasteiger partial charge >= 0.3 is 0 Å². The van der Waals surface area contributed by atoms with Crippen LogP contribution in [0.1, 0.15) is 25.0 Å². The second-order valence-corrected chi connectivity index (χ2v) is 4.85. The smallest absolute Gasteiger partial charge is 0.173 e. The first-order valence-corrected chi connectivity index (χ1v) is 5.89. The Morgan fingerprint density at radius 2 is 2.17 bits per heavy atom. The van der Waals surface area contributed by atoms with Crippen molar-refractivity contribution in [2.75, 3.05) is 13.6 Å². The molecule has 0 bridgehead atoms. The van der Waals surface area contributed by atoms with E-state index in [1.54, 1.807) is 12.1 Å². The number of nitrogens with two attached hydrogens (primary N) is 1. The summed E-state index contributed by atoms with van der Waals surface area (Å²) in [7, 11) is 1.94. The van der Waals surface area contributed by atoms with Gasteiger partial charge in [-0.15, -0.1) is 0 Å². The monoisotopic (exact) mass is 253 g/mol. The molecule has 0 saturated heterocycles. The van der Waals surface area contributed by atoms with Crippen LogP contribution in [0.5, 0.6) is 0 Å². The topological polar surface area (TPSA) is 61.8 Å². The predicted molar refractivity (Wildman–Crippen MR) is 70.1 cm³/mol. The third-order valence-electron chi connectivity index (χ3n) is 2.58. The Labute approximate surface area is 107 Å². The minimum atomic E-state index is -0.427. The molecule has 18 heavy (non-hydrogen) atoms. The van der Waals surface area contributed by atoms with Crippen LogP contribution < -0.4 is 5.73 Å². The highest BCUT2D eigenvalue weighted by Gasteiger charge is 2.13. The number of halogens is 1. The van der Waals surface area contributed by atoms with Gasteiger partial charge < -0.3 is 15.8 Å². The van der Waals surface area contributed by atoms with Gasteiger partial charge in [-0.1, -0.05) is 31.1 Å². The maximum atomic E-state index is 14.1. The van der Waals surface area contributed by atoms with Crippen LogP contribution in [0.4, 0.5) is 4.39 Å². The van der Waals surface area contributed by atoms with E-state index in [0.717, 1.165) is 6.54 Å². The van der Waals surface area contributed by atoms with E-state index in [1.807, 2.05) is 11.9 Å². The molecule has 0 aliphatic heterocycles. The zero-order chi connectivity index (χ0) is 13.7. The summed E-state index contributed by atoms with van der Waals surface area (Å²) in [6, 6.07) is 4.91. The summed E-state index contributed by atoms with van der Waals surface area (Å²) in [6.07, 6.45) is 0. The van der Waals surface area contributed by atoms with Gasteiger partial charge in [-0.25, -0.2) is 4.39 Å². The Balaban J connectivity index is 2.91. The second kappa shape index (κ2) is 6.35. The van der Waals surface area contributed by atoms with Crippen molar-refractivity contribution in [2.24, 2.45) is 16.8 Å². The van der Waals surface area contributed by atoms with E-state index in [0.29, 0.717) is 18.0 Å². The lowest BCUT2D eigenvalue weighted by atomic mass is 10.1. The number of hydrogen-bond acceptors (Lipinski definition) is 3. The zero-order valence-corrected chi connectivity index (χ0v) is 11.0. The molecule has 0 radical (unpaired) electrons. The minimum absolute atomic E-state index is 0.132. The van der Waals surface area contributed by atoms with Crippen LogP contribution >= 0.6 is 0 Å². The lowest BCUT2D eigenvalue weighted by Gasteiger charge is -2.19. The van der Waals surface area contributed by atoms with Crippen LogP contribution in [0.2, 0.25) is 0 Å². The lowest BCUT2D eigenvalue weighted by Crippen LogP contribution is -2.24. The fraction of sp³-hybridized carbons (Fsp3) is 0.462. The summed E-state index contributed by atoms with van der Waals surface area (Å²) < 4.78 is 14.1. The lowest BCUT2D eigenvalue weighted by molar-refractivity contribution is 0.284. The summed E-state index contributed by atoms with van der Waals surface area (Å²) in [5.74, 6) is -0.116. The summed E-state index contributed by atoms with van der Waals surface area (Å²) >= 11 is 0. The molecule has 100 valence electrons. The van der Waals surface area contributed by atoms with E-state index in [4.69, 9.17) is 10.9 Å². The number of nitrogens with zero attached hydrogens (tertiary/aromatic N) is 2. The van der Waals surface area contributed by atoms with E-state index in [2.05, 4.69) is 19.0 Å². The summed E-state index contributed by atoms with van der Waals surface area (Å²) in [5, 5.41) is 11.4. The Morgan fingerprint density at radius 1 is 1.50 bits per heavy atom. The van der Waals surface area contributed by atoms with Crippen LogP contribution in [-0.4, -0.2) is 29.5 Å². The summed E-state index contributed by atoms with van der Waals surface area (Å²) in [5.41, 5.74) is 6.10. The first-order valence-electron chi connectivity index (χ1n) is 5.89. The number of benzene rings is 1. The number of rotatable bonds is 5. The van der Waals surface area contributed by atoms with Crippen LogP contribution in [-0.2, 0) is 6.54 Å². The van der Waals surface area contributed by atoms with Crippen molar-refractivity contribution >= 4 is 5.84 Å². The van der Waals surface area contributed by atoms with Crippen LogP contribution in [0.25, 0.3) is 0 Å². The number of oxime groups is 1. The van der Waals surface area contributed by atoms with Gasteiger partial charge in [0.15, 0.2) is 5.84 Å². The van der Waals surface area contributed by atoms with Gasteiger partial charge in [0, 0.05) is 18.7 Å². The van der Waals surface area contributed by atoms with Crippen LogP contribution in [0.15, 0.2) is 23.4 Å². The Hall–Kier alpha value is -1.62. The van der Waals surface area contributed by atoms with Crippen molar-refractivity contribution < 1.29 is 9.60 Å². The maximum absolute atomic E-state index is 14.1. The van der Waals surface area contributed by atoms with Gasteiger partial charge in [-0.2, -0.15) is 0 Å². The molecule has 0 aliphatic rings. The molecule has 3 N–H and O–H groups in total.